The normalized spacial score (nSPS) is 11.3. The zero-order valence-electron chi connectivity index (χ0n) is 12.0. The van der Waals surface area contributed by atoms with Gasteiger partial charge in [0.1, 0.15) is 0 Å². The third-order valence-corrected chi connectivity index (χ3v) is 4.41. The van der Waals surface area contributed by atoms with Crippen molar-refractivity contribution in [2.45, 2.75) is 26.3 Å². The van der Waals surface area contributed by atoms with Crippen LogP contribution in [0, 0.1) is 0 Å². The zero-order chi connectivity index (χ0) is 15.0. The van der Waals surface area contributed by atoms with E-state index < -0.39 is 10.0 Å². The predicted molar refractivity (Wildman–Crippen MR) is 79.6 cm³/mol. The highest BCUT2D eigenvalue weighted by molar-refractivity contribution is 7.89. The second-order valence-electron chi connectivity index (χ2n) is 4.70. The Labute approximate surface area is 121 Å². The second kappa shape index (κ2) is 8.01. The van der Waals surface area contributed by atoms with Crippen LogP contribution in [0.15, 0.2) is 30.3 Å². The number of hydrogen-bond acceptors (Lipinski definition) is 3. The van der Waals surface area contributed by atoms with Crippen LogP contribution in [0.4, 0.5) is 0 Å². The van der Waals surface area contributed by atoms with Gasteiger partial charge in [-0.05, 0) is 12.0 Å². The summed E-state index contributed by atoms with van der Waals surface area (Å²) in [5.41, 5.74) is 1.05. The molecule has 1 rings (SSSR count). The minimum absolute atomic E-state index is 0.0759. The Hall–Kier alpha value is -1.40. The quantitative estimate of drug-likeness (QED) is 0.788. The SMILES string of the molecule is CCCS(=O)(=O)NCCC(=O)N(C)Cc1ccccc1. The zero-order valence-corrected chi connectivity index (χ0v) is 12.8. The molecule has 0 aliphatic rings. The molecule has 0 saturated heterocycles. The molecule has 5 nitrogen and oxygen atoms in total. The van der Waals surface area contributed by atoms with Gasteiger partial charge in [0.25, 0.3) is 0 Å². The van der Waals surface area contributed by atoms with Gasteiger partial charge in [-0.1, -0.05) is 37.3 Å². The van der Waals surface area contributed by atoms with Crippen molar-refractivity contribution in [3.8, 4) is 0 Å². The van der Waals surface area contributed by atoms with Crippen molar-refractivity contribution in [2.24, 2.45) is 0 Å². The molecule has 1 aromatic rings. The van der Waals surface area contributed by atoms with E-state index in [0.29, 0.717) is 13.0 Å². The van der Waals surface area contributed by atoms with E-state index in [2.05, 4.69) is 4.72 Å². The lowest BCUT2D eigenvalue weighted by Gasteiger charge is -2.17. The summed E-state index contributed by atoms with van der Waals surface area (Å²) < 4.78 is 25.3. The molecule has 0 atom stereocenters. The average Bonchev–Trinajstić information content (AvgIpc) is 2.39. The molecular formula is C14H22N2O3S. The molecule has 0 radical (unpaired) electrons. The Bertz CT molecular complexity index is 514. The summed E-state index contributed by atoms with van der Waals surface area (Å²) in [4.78, 5) is 13.5. The van der Waals surface area contributed by atoms with E-state index >= 15 is 0 Å². The number of carbonyl (C=O) groups excluding carboxylic acids is 1. The molecule has 0 aliphatic heterocycles. The van der Waals surface area contributed by atoms with Crippen molar-refractivity contribution < 1.29 is 13.2 Å². The first-order valence-electron chi connectivity index (χ1n) is 6.70. The summed E-state index contributed by atoms with van der Waals surface area (Å²) in [5, 5.41) is 0. The van der Waals surface area contributed by atoms with Gasteiger partial charge in [0, 0.05) is 26.6 Å². The summed E-state index contributed by atoms with van der Waals surface area (Å²) in [7, 11) is -1.51. The Morgan fingerprint density at radius 2 is 1.90 bits per heavy atom. The Balaban J connectivity index is 2.36. The molecule has 0 saturated carbocycles. The number of sulfonamides is 1. The van der Waals surface area contributed by atoms with Crippen LogP contribution in [0.2, 0.25) is 0 Å². The van der Waals surface area contributed by atoms with E-state index in [1.807, 2.05) is 30.3 Å². The third kappa shape index (κ3) is 6.16. The Morgan fingerprint density at radius 3 is 2.50 bits per heavy atom. The van der Waals surface area contributed by atoms with Gasteiger partial charge in [0.05, 0.1) is 5.75 Å². The van der Waals surface area contributed by atoms with Crippen molar-refractivity contribution in [2.75, 3.05) is 19.3 Å². The Morgan fingerprint density at radius 1 is 1.25 bits per heavy atom. The number of nitrogens with zero attached hydrogens (tertiary/aromatic N) is 1. The fourth-order valence-corrected chi connectivity index (χ4v) is 2.89. The van der Waals surface area contributed by atoms with Crippen LogP contribution in [-0.4, -0.2) is 38.6 Å². The number of amides is 1. The summed E-state index contributed by atoms with van der Waals surface area (Å²) in [6, 6.07) is 9.67. The highest BCUT2D eigenvalue weighted by atomic mass is 32.2. The molecule has 0 heterocycles. The average molecular weight is 298 g/mol. The lowest BCUT2D eigenvalue weighted by atomic mass is 10.2. The lowest BCUT2D eigenvalue weighted by molar-refractivity contribution is -0.130. The van der Waals surface area contributed by atoms with Crippen LogP contribution in [0.3, 0.4) is 0 Å². The molecule has 112 valence electrons. The van der Waals surface area contributed by atoms with E-state index in [0.717, 1.165) is 5.56 Å². The lowest BCUT2D eigenvalue weighted by Crippen LogP contribution is -2.32. The van der Waals surface area contributed by atoms with Crippen molar-refractivity contribution >= 4 is 15.9 Å². The van der Waals surface area contributed by atoms with Crippen molar-refractivity contribution in [1.82, 2.24) is 9.62 Å². The van der Waals surface area contributed by atoms with E-state index in [-0.39, 0.29) is 24.6 Å². The molecule has 0 bridgehead atoms. The first kappa shape index (κ1) is 16.7. The van der Waals surface area contributed by atoms with E-state index in [1.54, 1.807) is 18.9 Å². The van der Waals surface area contributed by atoms with Crippen molar-refractivity contribution in [1.29, 1.82) is 0 Å². The largest absolute Gasteiger partial charge is 0.341 e. The minimum atomic E-state index is -3.23. The standard InChI is InChI=1S/C14H22N2O3S/c1-3-11-20(18,19)15-10-9-14(17)16(2)12-13-7-5-4-6-8-13/h4-8,15H,3,9-12H2,1-2H3. The van der Waals surface area contributed by atoms with Crippen molar-refractivity contribution in [3.63, 3.8) is 0 Å². The highest BCUT2D eigenvalue weighted by Gasteiger charge is 2.12. The van der Waals surface area contributed by atoms with Gasteiger partial charge >= 0.3 is 0 Å². The predicted octanol–water partition coefficient (Wildman–Crippen LogP) is 1.36. The number of carbonyl (C=O) groups is 1. The second-order valence-corrected chi connectivity index (χ2v) is 6.63. The number of nitrogens with one attached hydrogen (secondary N) is 1. The van der Waals surface area contributed by atoms with Gasteiger partial charge in [0.2, 0.25) is 15.9 Å². The van der Waals surface area contributed by atoms with Gasteiger partial charge in [-0.25, -0.2) is 13.1 Å². The summed E-state index contributed by atoms with van der Waals surface area (Å²) in [5.74, 6) is 0.0224. The maximum absolute atomic E-state index is 11.9. The first-order chi connectivity index (χ1) is 9.44. The van der Waals surface area contributed by atoms with Crippen LogP contribution in [0.5, 0.6) is 0 Å². The molecule has 0 unspecified atom stereocenters. The molecule has 0 spiro atoms. The smallest absolute Gasteiger partial charge is 0.223 e. The molecule has 1 aromatic carbocycles. The molecule has 6 heteroatoms. The molecule has 20 heavy (non-hydrogen) atoms. The maximum atomic E-state index is 11.9. The molecule has 0 aliphatic carbocycles. The van der Waals surface area contributed by atoms with Crippen LogP contribution in [0.25, 0.3) is 0 Å². The van der Waals surface area contributed by atoms with Gasteiger partial charge < -0.3 is 4.90 Å². The summed E-state index contributed by atoms with van der Waals surface area (Å²) in [6.45, 7) is 2.49. The number of rotatable bonds is 8. The fourth-order valence-electron chi connectivity index (χ4n) is 1.79. The molecule has 0 fully saturated rings. The fraction of sp³-hybridized carbons (Fsp3) is 0.500. The highest BCUT2D eigenvalue weighted by Crippen LogP contribution is 2.03. The molecule has 1 amide bonds. The van der Waals surface area contributed by atoms with Gasteiger partial charge in [-0.15, -0.1) is 0 Å². The summed E-state index contributed by atoms with van der Waals surface area (Å²) in [6.07, 6.45) is 0.740. The van der Waals surface area contributed by atoms with Gasteiger partial charge in [-0.2, -0.15) is 0 Å². The molecule has 1 N–H and O–H groups in total. The van der Waals surface area contributed by atoms with Gasteiger partial charge in [-0.3, -0.25) is 4.79 Å². The van der Waals surface area contributed by atoms with Crippen LogP contribution < -0.4 is 4.72 Å². The molecule has 0 aromatic heterocycles. The van der Waals surface area contributed by atoms with Crippen LogP contribution in [0.1, 0.15) is 25.3 Å². The number of hydrogen-bond donors (Lipinski definition) is 1. The molecular weight excluding hydrogens is 276 g/mol. The topological polar surface area (TPSA) is 66.5 Å². The minimum Gasteiger partial charge on any atom is -0.341 e. The Kier molecular flexibility index (Phi) is 6.67. The van der Waals surface area contributed by atoms with E-state index in [9.17, 15) is 13.2 Å². The monoisotopic (exact) mass is 298 g/mol. The third-order valence-electron chi connectivity index (χ3n) is 2.82. The van der Waals surface area contributed by atoms with E-state index in [4.69, 9.17) is 0 Å². The van der Waals surface area contributed by atoms with Gasteiger partial charge in [0.15, 0.2) is 0 Å². The van der Waals surface area contributed by atoms with Crippen molar-refractivity contribution in [3.05, 3.63) is 35.9 Å². The van der Waals surface area contributed by atoms with Crippen LogP contribution >= 0.6 is 0 Å². The maximum Gasteiger partial charge on any atom is 0.223 e. The van der Waals surface area contributed by atoms with E-state index in [1.165, 1.54) is 0 Å². The summed E-state index contributed by atoms with van der Waals surface area (Å²) >= 11 is 0. The first-order valence-corrected chi connectivity index (χ1v) is 8.35. The van der Waals surface area contributed by atoms with Crippen LogP contribution in [-0.2, 0) is 21.4 Å². The number of benzene rings is 1.